The molecule has 1 fully saturated rings. The predicted octanol–water partition coefficient (Wildman–Crippen LogP) is 4.31. The molecule has 1 aliphatic heterocycles. The summed E-state index contributed by atoms with van der Waals surface area (Å²) in [5, 5.41) is 2.04. The summed E-state index contributed by atoms with van der Waals surface area (Å²) in [7, 11) is 0. The second kappa shape index (κ2) is 7.11. The first-order valence-corrected chi connectivity index (χ1v) is 8.40. The van der Waals surface area contributed by atoms with Crippen LogP contribution in [0.1, 0.15) is 34.5 Å². The van der Waals surface area contributed by atoms with Gasteiger partial charge in [0.15, 0.2) is 0 Å². The van der Waals surface area contributed by atoms with Crippen molar-refractivity contribution in [3.63, 3.8) is 0 Å². The van der Waals surface area contributed by atoms with E-state index in [-0.39, 0.29) is 11.3 Å². The Balaban J connectivity index is 1.77. The summed E-state index contributed by atoms with van der Waals surface area (Å²) < 4.78 is 38.2. The maximum absolute atomic E-state index is 12.7. The van der Waals surface area contributed by atoms with Crippen LogP contribution in [0.15, 0.2) is 24.4 Å². The number of aromatic nitrogens is 2. The van der Waals surface area contributed by atoms with Gasteiger partial charge in [0.2, 0.25) is 5.95 Å². The third-order valence-electron chi connectivity index (χ3n) is 4.13. The topological polar surface area (TPSA) is 58.1 Å². The van der Waals surface area contributed by atoms with Gasteiger partial charge < -0.3 is 10.2 Å². The van der Waals surface area contributed by atoms with Crippen LogP contribution < -0.4 is 10.2 Å². The third-order valence-corrected chi connectivity index (χ3v) is 4.45. The molecule has 1 aliphatic rings. The second-order valence-corrected chi connectivity index (χ2v) is 6.42. The Kier molecular flexibility index (Phi) is 5.04. The first-order valence-electron chi connectivity index (χ1n) is 8.02. The van der Waals surface area contributed by atoms with E-state index < -0.39 is 22.7 Å². The maximum atomic E-state index is 12.7. The minimum atomic E-state index is -4.55. The maximum Gasteiger partial charge on any atom is 0.417 e. The van der Waals surface area contributed by atoms with Crippen molar-refractivity contribution >= 4 is 29.1 Å². The van der Waals surface area contributed by atoms with Gasteiger partial charge in [0.05, 0.1) is 21.8 Å². The Bertz CT molecular complexity index is 835. The Morgan fingerprint density at radius 3 is 2.54 bits per heavy atom. The molecule has 0 spiro atoms. The molecule has 1 saturated heterocycles. The van der Waals surface area contributed by atoms with Crippen molar-refractivity contribution in [2.24, 2.45) is 0 Å². The minimum Gasteiger partial charge on any atom is -0.341 e. The predicted molar refractivity (Wildman–Crippen MR) is 92.6 cm³/mol. The Morgan fingerprint density at radius 1 is 1.27 bits per heavy atom. The number of nitrogens with zero attached hydrogens (tertiary/aromatic N) is 3. The highest BCUT2D eigenvalue weighted by atomic mass is 35.5. The van der Waals surface area contributed by atoms with Gasteiger partial charge in [-0.25, -0.2) is 9.97 Å². The molecule has 0 radical (unpaired) electrons. The molecule has 2 heterocycles. The van der Waals surface area contributed by atoms with Gasteiger partial charge in [-0.3, -0.25) is 4.79 Å². The number of carbonyl (C=O) groups is 1. The minimum absolute atomic E-state index is 0.163. The molecule has 0 aliphatic carbocycles. The highest BCUT2D eigenvalue weighted by Gasteiger charge is 2.33. The van der Waals surface area contributed by atoms with Crippen LogP contribution in [0.5, 0.6) is 0 Å². The van der Waals surface area contributed by atoms with Crippen molar-refractivity contribution in [2.45, 2.75) is 25.9 Å². The molecule has 1 aromatic carbocycles. The van der Waals surface area contributed by atoms with Gasteiger partial charge in [0, 0.05) is 25.0 Å². The van der Waals surface area contributed by atoms with Crippen molar-refractivity contribution in [1.82, 2.24) is 9.97 Å². The number of anilines is 2. The van der Waals surface area contributed by atoms with E-state index in [1.807, 2.05) is 4.90 Å². The molecule has 0 saturated carbocycles. The Morgan fingerprint density at radius 2 is 1.96 bits per heavy atom. The van der Waals surface area contributed by atoms with E-state index >= 15 is 0 Å². The molecule has 138 valence electrons. The van der Waals surface area contributed by atoms with E-state index in [4.69, 9.17) is 11.6 Å². The zero-order chi connectivity index (χ0) is 18.9. The van der Waals surface area contributed by atoms with Gasteiger partial charge in [-0.2, -0.15) is 13.2 Å². The molecule has 9 heteroatoms. The summed E-state index contributed by atoms with van der Waals surface area (Å²) in [6.45, 7) is 3.46. The number of benzene rings is 1. The smallest absolute Gasteiger partial charge is 0.341 e. The highest BCUT2D eigenvalue weighted by molar-refractivity contribution is 6.31. The van der Waals surface area contributed by atoms with Crippen LogP contribution >= 0.6 is 11.6 Å². The van der Waals surface area contributed by atoms with E-state index in [0.717, 1.165) is 44.1 Å². The largest absolute Gasteiger partial charge is 0.417 e. The quantitative estimate of drug-likeness (QED) is 0.856. The number of halogens is 4. The van der Waals surface area contributed by atoms with E-state index in [0.29, 0.717) is 11.6 Å². The van der Waals surface area contributed by atoms with Crippen molar-refractivity contribution in [3.05, 3.63) is 46.2 Å². The zero-order valence-corrected chi connectivity index (χ0v) is 14.7. The molecule has 0 atom stereocenters. The molecule has 5 nitrogen and oxygen atoms in total. The van der Waals surface area contributed by atoms with Gasteiger partial charge in [-0.15, -0.1) is 0 Å². The van der Waals surface area contributed by atoms with Gasteiger partial charge in [0.25, 0.3) is 5.91 Å². The Hall–Kier alpha value is -2.35. The van der Waals surface area contributed by atoms with E-state index in [9.17, 15) is 18.0 Å². The molecule has 26 heavy (non-hydrogen) atoms. The number of rotatable bonds is 3. The van der Waals surface area contributed by atoms with Gasteiger partial charge in [-0.05, 0) is 38.0 Å². The summed E-state index contributed by atoms with van der Waals surface area (Å²) in [4.78, 5) is 23.0. The first kappa shape index (κ1) is 18.4. The fourth-order valence-corrected chi connectivity index (χ4v) is 3.06. The lowest BCUT2D eigenvalue weighted by molar-refractivity contribution is -0.137. The van der Waals surface area contributed by atoms with Crippen LogP contribution in [0.2, 0.25) is 5.02 Å². The normalized spacial score (nSPS) is 14.6. The summed E-state index contributed by atoms with van der Waals surface area (Å²) in [6, 6.07) is 3.05. The van der Waals surface area contributed by atoms with Crippen LogP contribution in [-0.4, -0.2) is 29.0 Å². The van der Waals surface area contributed by atoms with Crippen molar-refractivity contribution in [2.75, 3.05) is 23.3 Å². The summed E-state index contributed by atoms with van der Waals surface area (Å²) >= 11 is 5.67. The second-order valence-electron chi connectivity index (χ2n) is 6.01. The van der Waals surface area contributed by atoms with Gasteiger partial charge in [0.1, 0.15) is 0 Å². The fourth-order valence-electron chi connectivity index (χ4n) is 2.77. The highest BCUT2D eigenvalue weighted by Crippen LogP contribution is 2.35. The standard InChI is InChI=1S/C17H16ClF3N4O/c1-10-12(9-22-16(23-10)25-6-2-3-7-25)15(26)24-11-4-5-13(14(18)8-11)17(19,20)21/h4-5,8-9H,2-3,6-7H2,1H3,(H,24,26). The summed E-state index contributed by atoms with van der Waals surface area (Å²) in [6.07, 6.45) is -0.953. The van der Waals surface area contributed by atoms with Crippen molar-refractivity contribution < 1.29 is 18.0 Å². The molecule has 1 aromatic heterocycles. The lowest BCUT2D eigenvalue weighted by atomic mass is 10.2. The lowest BCUT2D eigenvalue weighted by Crippen LogP contribution is -2.22. The van der Waals surface area contributed by atoms with Crippen LogP contribution in [0, 0.1) is 6.92 Å². The molecule has 1 N–H and O–H groups in total. The SMILES string of the molecule is Cc1nc(N2CCCC2)ncc1C(=O)Nc1ccc(C(F)(F)F)c(Cl)c1. The molecule has 2 aromatic rings. The number of hydrogen-bond donors (Lipinski definition) is 1. The van der Waals surface area contributed by atoms with Crippen LogP contribution in [0.3, 0.4) is 0 Å². The van der Waals surface area contributed by atoms with E-state index in [1.54, 1.807) is 6.92 Å². The molecular weight excluding hydrogens is 369 g/mol. The van der Waals surface area contributed by atoms with Gasteiger partial charge in [-0.1, -0.05) is 11.6 Å². The van der Waals surface area contributed by atoms with Crippen LogP contribution in [0.25, 0.3) is 0 Å². The van der Waals surface area contributed by atoms with E-state index in [2.05, 4.69) is 15.3 Å². The van der Waals surface area contributed by atoms with E-state index in [1.165, 1.54) is 6.20 Å². The van der Waals surface area contributed by atoms with Crippen molar-refractivity contribution in [3.8, 4) is 0 Å². The number of hydrogen-bond acceptors (Lipinski definition) is 4. The average Bonchev–Trinajstić information content (AvgIpc) is 3.07. The Labute approximate surface area is 153 Å². The molecular formula is C17H16ClF3N4O. The molecule has 0 unspecified atom stereocenters. The molecule has 3 rings (SSSR count). The molecule has 0 bridgehead atoms. The number of amides is 1. The van der Waals surface area contributed by atoms with Crippen molar-refractivity contribution in [1.29, 1.82) is 0 Å². The number of alkyl halides is 3. The van der Waals surface area contributed by atoms with Crippen LogP contribution in [0.4, 0.5) is 24.8 Å². The number of nitrogens with one attached hydrogen (secondary N) is 1. The lowest BCUT2D eigenvalue weighted by Gasteiger charge is -2.16. The number of carbonyl (C=O) groups excluding carboxylic acids is 1. The third kappa shape index (κ3) is 3.90. The van der Waals surface area contributed by atoms with Crippen LogP contribution in [-0.2, 0) is 6.18 Å². The summed E-state index contributed by atoms with van der Waals surface area (Å²) in [5.74, 6) is 0.0698. The zero-order valence-electron chi connectivity index (χ0n) is 13.9. The first-order chi connectivity index (χ1) is 12.3. The number of aryl methyl sites for hydroxylation is 1. The average molecular weight is 385 g/mol. The summed E-state index contributed by atoms with van der Waals surface area (Å²) in [5.41, 5.74) is -0.0379. The molecule has 1 amide bonds. The monoisotopic (exact) mass is 384 g/mol. The van der Waals surface area contributed by atoms with Gasteiger partial charge >= 0.3 is 6.18 Å². The fraction of sp³-hybridized carbons (Fsp3) is 0.353.